The maximum absolute atomic E-state index is 13.7. The van der Waals surface area contributed by atoms with Crippen molar-refractivity contribution in [1.29, 1.82) is 0 Å². The van der Waals surface area contributed by atoms with Crippen molar-refractivity contribution in [1.82, 2.24) is 0 Å². The van der Waals surface area contributed by atoms with E-state index in [1.807, 2.05) is 4.72 Å². The van der Waals surface area contributed by atoms with Crippen LogP contribution in [0.5, 0.6) is 0 Å². The first kappa shape index (κ1) is 16.4. The number of hydrogen-bond acceptors (Lipinski definition) is 2. The van der Waals surface area contributed by atoms with Crippen LogP contribution in [0.15, 0.2) is 44.2 Å². The zero-order valence-corrected chi connectivity index (χ0v) is 14.6. The lowest BCUT2D eigenvalue weighted by Gasteiger charge is -2.11. The highest BCUT2D eigenvalue weighted by molar-refractivity contribution is 9.10. The van der Waals surface area contributed by atoms with Crippen molar-refractivity contribution >= 4 is 47.6 Å². The van der Waals surface area contributed by atoms with E-state index in [2.05, 4.69) is 31.9 Å². The van der Waals surface area contributed by atoms with Gasteiger partial charge in [0.15, 0.2) is 11.6 Å². The van der Waals surface area contributed by atoms with Gasteiger partial charge in [-0.05, 0) is 42.8 Å². The minimum absolute atomic E-state index is 0.0788. The molecular formula is C13H9Br2F2NO2S. The van der Waals surface area contributed by atoms with Crippen LogP contribution in [-0.2, 0) is 10.0 Å². The lowest BCUT2D eigenvalue weighted by atomic mass is 10.2. The Bertz CT molecular complexity index is 787. The van der Waals surface area contributed by atoms with Crippen molar-refractivity contribution in [2.75, 3.05) is 4.72 Å². The van der Waals surface area contributed by atoms with Gasteiger partial charge in [0, 0.05) is 8.95 Å². The first-order valence-electron chi connectivity index (χ1n) is 5.64. The molecule has 0 amide bonds. The summed E-state index contributed by atoms with van der Waals surface area (Å²) in [5, 5.41) is 0. The average Bonchev–Trinajstić information content (AvgIpc) is 2.37. The minimum Gasteiger partial charge on any atom is -0.274 e. The second-order valence-corrected chi connectivity index (χ2v) is 7.71. The zero-order valence-electron chi connectivity index (χ0n) is 10.6. The summed E-state index contributed by atoms with van der Waals surface area (Å²) in [6.45, 7) is 1.71. The Morgan fingerprint density at radius 1 is 1.05 bits per heavy atom. The van der Waals surface area contributed by atoms with Gasteiger partial charge in [-0.1, -0.05) is 31.9 Å². The summed E-state index contributed by atoms with van der Waals surface area (Å²) in [7, 11) is -4.08. The van der Waals surface area contributed by atoms with Crippen LogP contribution in [0.25, 0.3) is 0 Å². The van der Waals surface area contributed by atoms with E-state index >= 15 is 0 Å². The maximum Gasteiger partial charge on any atom is 0.262 e. The highest BCUT2D eigenvalue weighted by Crippen LogP contribution is 2.27. The van der Waals surface area contributed by atoms with Crippen molar-refractivity contribution in [3.8, 4) is 0 Å². The summed E-state index contributed by atoms with van der Waals surface area (Å²) >= 11 is 6.18. The standard InChI is InChI=1S/C13H9Br2F2NO2S/c1-7-4-9(2-3-10(7)15)21(19,20)18-13-11(16)5-8(14)6-12(13)17/h2-6,18H,1H3. The molecule has 3 nitrogen and oxygen atoms in total. The summed E-state index contributed by atoms with van der Waals surface area (Å²) in [5.74, 6) is -2.00. The molecule has 2 rings (SSSR count). The van der Waals surface area contributed by atoms with E-state index in [4.69, 9.17) is 0 Å². The molecule has 112 valence electrons. The van der Waals surface area contributed by atoms with Crippen LogP contribution in [0.2, 0.25) is 0 Å². The Morgan fingerprint density at radius 2 is 1.62 bits per heavy atom. The Hall–Kier alpha value is -0.990. The molecule has 21 heavy (non-hydrogen) atoms. The van der Waals surface area contributed by atoms with Crippen LogP contribution in [0.3, 0.4) is 0 Å². The van der Waals surface area contributed by atoms with Crippen LogP contribution in [0, 0.1) is 18.6 Å². The molecule has 0 aromatic heterocycles. The molecule has 0 aliphatic carbocycles. The van der Waals surface area contributed by atoms with Gasteiger partial charge in [0.2, 0.25) is 0 Å². The van der Waals surface area contributed by atoms with Crippen molar-refractivity contribution in [2.24, 2.45) is 0 Å². The fourth-order valence-corrected chi connectivity index (χ4v) is 3.43. The molecule has 0 saturated carbocycles. The Labute approximate surface area is 137 Å². The van der Waals surface area contributed by atoms with E-state index < -0.39 is 27.3 Å². The number of anilines is 1. The van der Waals surface area contributed by atoms with Crippen LogP contribution in [-0.4, -0.2) is 8.42 Å². The number of hydrogen-bond donors (Lipinski definition) is 1. The summed E-state index contributed by atoms with van der Waals surface area (Å²) < 4.78 is 54.6. The zero-order chi connectivity index (χ0) is 15.8. The molecule has 0 fully saturated rings. The molecule has 0 unspecified atom stereocenters. The molecule has 0 radical (unpaired) electrons. The molecule has 0 atom stereocenters. The van der Waals surface area contributed by atoms with E-state index in [1.165, 1.54) is 12.1 Å². The van der Waals surface area contributed by atoms with Gasteiger partial charge in [0.1, 0.15) is 5.69 Å². The van der Waals surface area contributed by atoms with Gasteiger partial charge < -0.3 is 0 Å². The smallest absolute Gasteiger partial charge is 0.262 e. The fraction of sp³-hybridized carbons (Fsp3) is 0.0769. The highest BCUT2D eigenvalue weighted by Gasteiger charge is 2.20. The number of halogens is 4. The Kier molecular flexibility index (Phi) is 4.69. The summed E-state index contributed by atoms with van der Waals surface area (Å²) in [4.78, 5) is -0.0788. The first-order chi connectivity index (χ1) is 9.70. The number of benzene rings is 2. The Balaban J connectivity index is 2.44. The first-order valence-corrected chi connectivity index (χ1v) is 8.71. The molecular weight excluding hydrogens is 432 g/mol. The van der Waals surface area contributed by atoms with Crippen molar-refractivity contribution in [2.45, 2.75) is 11.8 Å². The second kappa shape index (κ2) is 6.02. The normalized spacial score (nSPS) is 11.5. The van der Waals surface area contributed by atoms with Crippen LogP contribution >= 0.6 is 31.9 Å². The summed E-state index contributed by atoms with van der Waals surface area (Å²) in [6, 6.07) is 6.26. The molecule has 0 heterocycles. The highest BCUT2D eigenvalue weighted by atomic mass is 79.9. The van der Waals surface area contributed by atoms with Gasteiger partial charge >= 0.3 is 0 Å². The van der Waals surface area contributed by atoms with Crippen molar-refractivity contribution in [3.05, 3.63) is 56.5 Å². The monoisotopic (exact) mass is 439 g/mol. The van der Waals surface area contributed by atoms with E-state index in [1.54, 1.807) is 13.0 Å². The van der Waals surface area contributed by atoms with E-state index in [0.29, 0.717) is 5.56 Å². The average molecular weight is 441 g/mol. The van der Waals surface area contributed by atoms with E-state index in [-0.39, 0.29) is 9.37 Å². The lowest BCUT2D eigenvalue weighted by molar-refractivity contribution is 0.582. The summed E-state index contributed by atoms with van der Waals surface area (Å²) in [5.41, 5.74) is -0.0200. The van der Waals surface area contributed by atoms with Crippen LogP contribution < -0.4 is 4.72 Å². The molecule has 0 bridgehead atoms. The largest absolute Gasteiger partial charge is 0.274 e. The molecule has 2 aromatic carbocycles. The fourth-order valence-electron chi connectivity index (χ4n) is 1.62. The summed E-state index contributed by atoms with van der Waals surface area (Å²) in [6.07, 6.45) is 0. The third-order valence-electron chi connectivity index (χ3n) is 2.68. The molecule has 1 N–H and O–H groups in total. The predicted octanol–water partition coefficient (Wildman–Crippen LogP) is 4.60. The predicted molar refractivity (Wildman–Crippen MR) is 83.7 cm³/mol. The van der Waals surface area contributed by atoms with Gasteiger partial charge in [-0.2, -0.15) is 0 Å². The molecule has 8 heteroatoms. The molecule has 0 aliphatic heterocycles. The van der Waals surface area contributed by atoms with Crippen molar-refractivity contribution in [3.63, 3.8) is 0 Å². The van der Waals surface area contributed by atoms with Gasteiger partial charge in [-0.25, -0.2) is 17.2 Å². The Morgan fingerprint density at radius 3 is 2.14 bits per heavy atom. The lowest BCUT2D eigenvalue weighted by Crippen LogP contribution is -2.15. The number of nitrogens with one attached hydrogen (secondary N) is 1. The van der Waals surface area contributed by atoms with E-state index in [9.17, 15) is 17.2 Å². The number of aryl methyl sites for hydroxylation is 1. The maximum atomic E-state index is 13.7. The minimum atomic E-state index is -4.08. The topological polar surface area (TPSA) is 46.2 Å². The van der Waals surface area contributed by atoms with Gasteiger partial charge in [-0.15, -0.1) is 0 Å². The van der Waals surface area contributed by atoms with Crippen LogP contribution in [0.4, 0.5) is 14.5 Å². The molecule has 0 spiro atoms. The molecule has 0 aliphatic rings. The van der Waals surface area contributed by atoms with Gasteiger partial charge in [0.05, 0.1) is 4.90 Å². The third kappa shape index (κ3) is 3.61. The van der Waals surface area contributed by atoms with Crippen LogP contribution in [0.1, 0.15) is 5.56 Å². The van der Waals surface area contributed by atoms with E-state index in [0.717, 1.165) is 16.6 Å². The van der Waals surface area contributed by atoms with Crippen molar-refractivity contribution < 1.29 is 17.2 Å². The quantitative estimate of drug-likeness (QED) is 0.758. The second-order valence-electron chi connectivity index (χ2n) is 4.26. The molecule has 0 saturated heterocycles. The third-order valence-corrected chi connectivity index (χ3v) is 5.38. The number of sulfonamides is 1. The number of rotatable bonds is 3. The van der Waals surface area contributed by atoms with Gasteiger partial charge in [0.25, 0.3) is 10.0 Å². The van der Waals surface area contributed by atoms with Gasteiger partial charge in [-0.3, -0.25) is 4.72 Å². The molecule has 2 aromatic rings. The SMILES string of the molecule is Cc1cc(S(=O)(=O)Nc2c(F)cc(Br)cc2F)ccc1Br.